The zero-order valence-electron chi connectivity index (χ0n) is 35.7. The van der Waals surface area contributed by atoms with E-state index in [-0.39, 0.29) is 6.61 Å². The second kappa shape index (κ2) is 23.0. The molecule has 0 bridgehead atoms. The molecule has 0 heterocycles. The number of ketones is 2. The number of aliphatic hydroxyl groups is 1. The average Bonchev–Trinajstić information content (AvgIpc) is 3.47. The fourth-order valence-electron chi connectivity index (χ4n) is 11.6. The molecule has 0 saturated heterocycles. The molecule has 0 aromatic rings. The first-order valence-electron chi connectivity index (χ1n) is 22.7. The van der Waals surface area contributed by atoms with Crippen molar-refractivity contribution in [3.05, 3.63) is 23.3 Å². The molecule has 0 amide bonds. The van der Waals surface area contributed by atoms with Gasteiger partial charge in [-0.15, -0.1) is 0 Å². The summed E-state index contributed by atoms with van der Waals surface area (Å²) in [5, 5.41) is 9.24. The number of aliphatic hydroxyl groups excluding tert-OH is 1. The van der Waals surface area contributed by atoms with Crippen LogP contribution in [0.3, 0.4) is 0 Å². The third-order valence-electron chi connectivity index (χ3n) is 14.6. The van der Waals surface area contributed by atoms with Crippen LogP contribution < -0.4 is 0 Å². The Labute approximate surface area is 322 Å². The Morgan fingerprint density at radius 2 is 1.48 bits per heavy atom. The number of hydrogen-bond acceptors (Lipinski definition) is 4. The van der Waals surface area contributed by atoms with E-state index in [0.717, 1.165) is 113 Å². The number of hydrogen-bond donors (Lipinski definition) is 1. The summed E-state index contributed by atoms with van der Waals surface area (Å²) in [6.07, 6.45) is 30.4. The molecule has 300 valence electrons. The Kier molecular flexibility index (Phi) is 19.9. The molecule has 3 fully saturated rings. The first kappa shape index (κ1) is 45.1. The van der Waals surface area contributed by atoms with E-state index in [1.54, 1.807) is 12.5 Å². The largest absolute Gasteiger partial charge is 0.396 e. The molecule has 0 aliphatic heterocycles. The first-order valence-corrected chi connectivity index (χ1v) is 22.7. The van der Waals surface area contributed by atoms with Crippen molar-refractivity contribution in [2.45, 2.75) is 197 Å². The van der Waals surface area contributed by atoms with E-state index in [1.165, 1.54) is 76.2 Å². The van der Waals surface area contributed by atoms with Gasteiger partial charge in [-0.05, 0) is 169 Å². The number of nitrogens with zero attached hydrogens (tertiary/aromatic N) is 1. The average molecular weight is 724 g/mol. The molecule has 0 spiro atoms. The summed E-state index contributed by atoms with van der Waals surface area (Å²) in [4.78, 5) is 26.9. The van der Waals surface area contributed by atoms with Crippen LogP contribution in [0.2, 0.25) is 0 Å². The third-order valence-corrected chi connectivity index (χ3v) is 14.6. The normalized spacial score (nSPS) is 29.6. The Bertz CT molecular complexity index is 1120. The van der Waals surface area contributed by atoms with Gasteiger partial charge < -0.3 is 14.8 Å². The van der Waals surface area contributed by atoms with E-state index in [0.29, 0.717) is 35.2 Å². The van der Waals surface area contributed by atoms with Crippen LogP contribution >= 0.6 is 0 Å². The lowest BCUT2D eigenvalue weighted by Gasteiger charge is -2.58. The molecule has 7 atom stereocenters. The van der Waals surface area contributed by atoms with Crippen LogP contribution in [0.15, 0.2) is 23.3 Å². The predicted molar refractivity (Wildman–Crippen MR) is 222 cm³/mol. The summed E-state index contributed by atoms with van der Waals surface area (Å²) in [6.45, 7) is 21.8. The molecule has 0 aromatic heterocycles. The third kappa shape index (κ3) is 12.9. The maximum absolute atomic E-state index is 13.1. The number of Topliss-reactive ketones (excluding diaryl/α,β-unsaturated/α-hetero) is 1. The maximum atomic E-state index is 13.1. The number of carbonyl (C=O) groups is 2. The van der Waals surface area contributed by atoms with Gasteiger partial charge in [0.25, 0.3) is 0 Å². The van der Waals surface area contributed by atoms with Gasteiger partial charge in [-0.3, -0.25) is 4.79 Å². The topological polar surface area (TPSA) is 57.6 Å². The van der Waals surface area contributed by atoms with E-state index in [9.17, 15) is 14.7 Å². The van der Waals surface area contributed by atoms with Gasteiger partial charge in [0, 0.05) is 19.4 Å². The molecular formula is C48H85NO3. The van der Waals surface area contributed by atoms with Gasteiger partial charge in [0.2, 0.25) is 0 Å². The Balaban J connectivity index is 0.00000358. The van der Waals surface area contributed by atoms with Crippen LogP contribution in [0.1, 0.15) is 197 Å². The van der Waals surface area contributed by atoms with Crippen LogP contribution in [0, 0.1) is 46.3 Å². The predicted octanol–water partition coefficient (Wildman–Crippen LogP) is 12.7. The molecule has 4 rings (SSSR count). The summed E-state index contributed by atoms with van der Waals surface area (Å²) >= 11 is 0. The van der Waals surface area contributed by atoms with E-state index in [4.69, 9.17) is 0 Å². The van der Waals surface area contributed by atoms with Gasteiger partial charge in [0.15, 0.2) is 5.78 Å². The lowest BCUT2D eigenvalue weighted by atomic mass is 9.47. The van der Waals surface area contributed by atoms with Gasteiger partial charge in [-0.1, -0.05) is 104 Å². The summed E-state index contributed by atoms with van der Waals surface area (Å²) in [6, 6.07) is 0. The smallest absolute Gasteiger partial charge is 0.155 e. The standard InChI is InChI=1S/C46H79NO3.C2H6/c1-35(2)17-16-18-36(3)42-23-24-43-41-22-21-39-33-38(25-27-45(39,5)44(41)26-28-46(42,43)6)34-40(50)20-11-9-13-30-47(31-14-15-32-48)29-12-8-7-10-19-37(4)49;1-2/h21,34-36,41-44,48H,7-20,22-33H2,1-6H3;1-2H3. The van der Waals surface area contributed by atoms with Crippen LogP contribution in [0.25, 0.3) is 0 Å². The van der Waals surface area contributed by atoms with Crippen LogP contribution in [0.4, 0.5) is 0 Å². The molecule has 52 heavy (non-hydrogen) atoms. The highest BCUT2D eigenvalue weighted by atomic mass is 16.3. The van der Waals surface area contributed by atoms with Gasteiger partial charge in [0.05, 0.1) is 0 Å². The molecule has 0 aromatic carbocycles. The Morgan fingerprint density at radius 1 is 0.827 bits per heavy atom. The molecule has 4 aliphatic rings. The summed E-state index contributed by atoms with van der Waals surface area (Å²) in [5.74, 6) is 5.87. The number of carbonyl (C=O) groups excluding carboxylic acids is 2. The molecule has 1 N–H and O–H groups in total. The minimum Gasteiger partial charge on any atom is -0.396 e. The molecule has 7 unspecified atom stereocenters. The van der Waals surface area contributed by atoms with E-state index < -0.39 is 0 Å². The van der Waals surface area contributed by atoms with Gasteiger partial charge in [-0.25, -0.2) is 0 Å². The maximum Gasteiger partial charge on any atom is 0.155 e. The van der Waals surface area contributed by atoms with Crippen molar-refractivity contribution in [2.24, 2.45) is 46.3 Å². The van der Waals surface area contributed by atoms with E-state index in [1.807, 2.05) is 13.8 Å². The quantitative estimate of drug-likeness (QED) is 0.0648. The Hall–Kier alpha value is -1.26. The fraction of sp³-hybridized carbons (Fsp3) is 0.875. The Morgan fingerprint density at radius 3 is 2.15 bits per heavy atom. The lowest BCUT2D eigenvalue weighted by Crippen LogP contribution is -2.50. The monoisotopic (exact) mass is 724 g/mol. The fourth-order valence-corrected chi connectivity index (χ4v) is 11.6. The first-order chi connectivity index (χ1) is 25.0. The summed E-state index contributed by atoms with van der Waals surface area (Å²) < 4.78 is 0. The molecule has 3 saturated carbocycles. The molecule has 4 heteroatoms. The second-order valence-corrected chi connectivity index (χ2v) is 18.7. The minimum absolute atomic E-state index is 0.271. The van der Waals surface area contributed by atoms with Crippen LogP contribution in [-0.2, 0) is 9.59 Å². The molecule has 4 nitrogen and oxygen atoms in total. The van der Waals surface area contributed by atoms with Crippen molar-refractivity contribution < 1.29 is 14.7 Å². The van der Waals surface area contributed by atoms with E-state index in [2.05, 4.69) is 51.7 Å². The number of allylic oxidation sites excluding steroid dienone is 4. The molecule has 4 aliphatic carbocycles. The van der Waals surface area contributed by atoms with Crippen molar-refractivity contribution in [1.82, 2.24) is 4.90 Å². The van der Waals surface area contributed by atoms with E-state index >= 15 is 0 Å². The van der Waals surface area contributed by atoms with Crippen molar-refractivity contribution in [1.29, 1.82) is 0 Å². The lowest BCUT2D eigenvalue weighted by molar-refractivity contribution is -0.117. The number of rotatable bonds is 23. The van der Waals surface area contributed by atoms with Crippen molar-refractivity contribution in [3.8, 4) is 0 Å². The number of fused-ring (bicyclic) bond motifs is 5. The van der Waals surface area contributed by atoms with Crippen molar-refractivity contribution >= 4 is 11.6 Å². The molecular weight excluding hydrogens is 639 g/mol. The SMILES string of the molecule is CC.CC(=O)CCCCCCN(CCCCO)CCCCCC(=O)C=C1CCC2(C)C(=CCC3C2CCC2(C)C(C(C)CCCC(C)C)CCC32)C1. The minimum atomic E-state index is 0.271. The van der Waals surface area contributed by atoms with Crippen LogP contribution in [0.5, 0.6) is 0 Å². The summed E-state index contributed by atoms with van der Waals surface area (Å²) in [7, 11) is 0. The second-order valence-electron chi connectivity index (χ2n) is 18.7. The highest BCUT2D eigenvalue weighted by Gasteiger charge is 2.58. The van der Waals surface area contributed by atoms with Gasteiger partial charge in [0.1, 0.15) is 5.78 Å². The zero-order chi connectivity index (χ0) is 38.1. The van der Waals surface area contributed by atoms with Crippen molar-refractivity contribution in [2.75, 3.05) is 26.2 Å². The molecule has 0 radical (unpaired) electrons. The zero-order valence-corrected chi connectivity index (χ0v) is 35.7. The highest BCUT2D eigenvalue weighted by molar-refractivity contribution is 5.90. The summed E-state index contributed by atoms with van der Waals surface area (Å²) in [5.41, 5.74) is 3.95. The highest BCUT2D eigenvalue weighted by Crippen LogP contribution is 2.67. The van der Waals surface area contributed by atoms with Gasteiger partial charge >= 0.3 is 0 Å². The van der Waals surface area contributed by atoms with Crippen molar-refractivity contribution in [3.63, 3.8) is 0 Å². The van der Waals surface area contributed by atoms with Crippen LogP contribution in [-0.4, -0.2) is 47.8 Å². The number of unbranched alkanes of at least 4 members (excludes halogenated alkanes) is 6. The van der Waals surface area contributed by atoms with Gasteiger partial charge in [-0.2, -0.15) is 0 Å².